The third-order valence-corrected chi connectivity index (χ3v) is 4.73. The van der Waals surface area contributed by atoms with Crippen molar-refractivity contribution in [2.75, 3.05) is 56.7 Å². The first-order chi connectivity index (χ1) is 13.9. The van der Waals surface area contributed by atoms with Gasteiger partial charge in [0.1, 0.15) is 6.61 Å². The van der Waals surface area contributed by atoms with Crippen molar-refractivity contribution >= 4 is 29.1 Å². The molecule has 1 fully saturated rings. The average Bonchev–Trinajstić information content (AvgIpc) is 3.16. The number of rotatable bonds is 7. The third kappa shape index (κ3) is 3.68. The normalized spacial score (nSPS) is 13.6. The van der Waals surface area contributed by atoms with Crippen molar-refractivity contribution in [1.82, 2.24) is 9.38 Å². The topological polar surface area (TPSA) is 130 Å². The number of hydrogen-bond acceptors (Lipinski definition) is 8. The number of aromatic hydroxyl groups is 1. The van der Waals surface area contributed by atoms with E-state index in [2.05, 4.69) is 9.72 Å². The number of hydrogen-bond donors (Lipinski definition) is 2. The maximum atomic E-state index is 12.8. The summed E-state index contributed by atoms with van der Waals surface area (Å²) in [4.78, 5) is 44.5. The molecule has 156 valence electrons. The quantitative estimate of drug-likeness (QED) is 0.570. The van der Waals surface area contributed by atoms with Crippen LogP contribution in [0.3, 0.4) is 0 Å². The Labute approximate surface area is 166 Å². The van der Waals surface area contributed by atoms with Gasteiger partial charge in [0.2, 0.25) is 5.75 Å². The molecule has 1 saturated heterocycles. The van der Waals surface area contributed by atoms with Gasteiger partial charge in [0.15, 0.2) is 11.3 Å². The molecule has 3 heterocycles. The van der Waals surface area contributed by atoms with Crippen molar-refractivity contribution in [3.8, 4) is 5.75 Å². The van der Waals surface area contributed by atoms with Gasteiger partial charge >= 0.3 is 17.6 Å². The van der Waals surface area contributed by atoms with Crippen molar-refractivity contribution in [2.45, 2.75) is 6.92 Å². The van der Waals surface area contributed by atoms with E-state index >= 15 is 0 Å². The van der Waals surface area contributed by atoms with Crippen LogP contribution in [0.4, 0.5) is 16.2 Å². The molecule has 0 radical (unpaired) electrons. The molecule has 0 spiro atoms. The minimum Gasteiger partial charge on any atom is -0.501 e. The van der Waals surface area contributed by atoms with E-state index < -0.39 is 29.1 Å². The van der Waals surface area contributed by atoms with E-state index in [1.54, 1.807) is 6.07 Å². The maximum Gasteiger partial charge on any atom is 0.414 e. The van der Waals surface area contributed by atoms with E-state index in [0.29, 0.717) is 24.5 Å². The summed E-state index contributed by atoms with van der Waals surface area (Å²) in [6.45, 7) is 4.64. The molecular formula is C18H24N5O6+. The first-order valence-corrected chi connectivity index (χ1v) is 9.27. The zero-order chi connectivity index (χ0) is 21.1. The van der Waals surface area contributed by atoms with Gasteiger partial charge in [-0.3, -0.25) is 14.1 Å². The number of nitrogens with zero attached hydrogens (tertiary/aromatic N) is 4. The van der Waals surface area contributed by atoms with Gasteiger partial charge in [0.05, 0.1) is 45.2 Å². The lowest BCUT2D eigenvalue weighted by atomic mass is 10.2. The molecule has 3 rings (SSSR count). The molecule has 0 saturated carbocycles. The predicted molar refractivity (Wildman–Crippen MR) is 104 cm³/mol. The lowest BCUT2D eigenvalue weighted by Crippen LogP contribution is -2.81. The third-order valence-electron chi connectivity index (χ3n) is 4.73. The maximum absolute atomic E-state index is 12.8. The number of carbonyl (C=O) groups is 2. The van der Waals surface area contributed by atoms with Crippen LogP contribution in [0.25, 0.3) is 5.65 Å². The second-order valence-corrected chi connectivity index (χ2v) is 6.43. The Morgan fingerprint density at radius 2 is 2.21 bits per heavy atom. The number of nitrogens with two attached hydrogens (primary N) is 1. The highest BCUT2D eigenvalue weighted by Gasteiger charge is 2.29. The van der Waals surface area contributed by atoms with Crippen molar-refractivity contribution in [1.29, 1.82) is 0 Å². The largest absolute Gasteiger partial charge is 0.501 e. The summed E-state index contributed by atoms with van der Waals surface area (Å²) in [5, 5.41) is 12.2. The number of esters is 1. The van der Waals surface area contributed by atoms with Gasteiger partial charge in [0, 0.05) is 12.7 Å². The van der Waals surface area contributed by atoms with Crippen molar-refractivity contribution in [3.05, 3.63) is 28.3 Å². The molecule has 2 aromatic heterocycles. The summed E-state index contributed by atoms with van der Waals surface area (Å²) < 4.78 is 10.8. The van der Waals surface area contributed by atoms with E-state index in [1.807, 2.05) is 24.2 Å². The molecule has 29 heavy (non-hydrogen) atoms. The molecule has 2 aromatic rings. The summed E-state index contributed by atoms with van der Waals surface area (Å²) in [6.07, 6.45) is 0.964. The number of pyridine rings is 1. The van der Waals surface area contributed by atoms with Crippen LogP contribution >= 0.6 is 0 Å². The fourth-order valence-electron chi connectivity index (χ4n) is 3.18. The lowest BCUT2D eigenvalue weighted by Gasteiger charge is -2.25. The number of methoxy groups -OCH3 is 1. The van der Waals surface area contributed by atoms with Gasteiger partial charge in [-0.1, -0.05) is 0 Å². The van der Waals surface area contributed by atoms with E-state index in [9.17, 15) is 19.5 Å². The minimum absolute atomic E-state index is 0.0499. The fraction of sp³-hybridized carbons (Fsp3) is 0.444. The highest BCUT2D eigenvalue weighted by molar-refractivity contribution is 5.96. The second kappa shape index (κ2) is 8.35. The Bertz CT molecular complexity index is 1000. The van der Waals surface area contributed by atoms with Crippen LogP contribution in [0.5, 0.6) is 5.75 Å². The summed E-state index contributed by atoms with van der Waals surface area (Å²) in [6, 6.07) is 1.73. The van der Waals surface area contributed by atoms with Crippen LogP contribution < -0.4 is 20.7 Å². The lowest BCUT2D eigenvalue weighted by molar-refractivity contribution is -0.624. The number of anilines is 2. The molecular weight excluding hydrogens is 382 g/mol. The smallest absolute Gasteiger partial charge is 0.414 e. The number of carbonyl (C=O) groups excluding carboxylic acids is 2. The van der Waals surface area contributed by atoms with Gasteiger partial charge in [-0.05, 0) is 13.0 Å². The Hall–Kier alpha value is -3.34. The summed E-state index contributed by atoms with van der Waals surface area (Å²) >= 11 is 0. The molecule has 1 aliphatic rings. The Morgan fingerprint density at radius 3 is 2.79 bits per heavy atom. The van der Waals surface area contributed by atoms with Crippen LogP contribution in [0.2, 0.25) is 0 Å². The number of quaternary nitrogens is 1. The van der Waals surface area contributed by atoms with Crippen LogP contribution in [0, 0.1) is 0 Å². The van der Waals surface area contributed by atoms with Gasteiger partial charge in [-0.15, -0.1) is 0 Å². The van der Waals surface area contributed by atoms with Crippen LogP contribution in [0.15, 0.2) is 17.1 Å². The average molecular weight is 406 g/mol. The Kier molecular flexibility index (Phi) is 5.87. The van der Waals surface area contributed by atoms with E-state index in [0.717, 1.165) is 18.1 Å². The fourth-order valence-corrected chi connectivity index (χ4v) is 3.18. The SMILES string of the molecule is CCN(CC[NH2+]C)c1cc(N2CCOC2=O)c2nc(C(=O)OC)c(O)c(=O)n2c1. The highest BCUT2D eigenvalue weighted by Crippen LogP contribution is 2.29. The van der Waals surface area contributed by atoms with E-state index in [-0.39, 0.29) is 18.8 Å². The summed E-state index contributed by atoms with van der Waals surface area (Å²) in [5.41, 5.74) is -0.304. The molecule has 1 amide bonds. The molecule has 0 aliphatic carbocycles. The standard InChI is InChI=1S/C18H23N5O6/c1-4-21(6-5-19-2)11-9-12(22-7-8-29-18(22)27)15-20-13(17(26)28-3)14(24)16(25)23(15)10-11/h9-10,19,24H,4-8H2,1-3H3/p+1. The van der Waals surface area contributed by atoms with Crippen LogP contribution in [0.1, 0.15) is 17.4 Å². The molecule has 0 unspecified atom stereocenters. The first kappa shape index (κ1) is 20.4. The van der Waals surface area contributed by atoms with Gasteiger partial charge in [-0.2, -0.15) is 0 Å². The van der Waals surface area contributed by atoms with Crippen molar-refractivity contribution < 1.29 is 29.5 Å². The molecule has 1 aliphatic heterocycles. The molecule has 0 bridgehead atoms. The van der Waals surface area contributed by atoms with E-state index in [4.69, 9.17) is 4.74 Å². The molecule has 11 nitrogen and oxygen atoms in total. The van der Waals surface area contributed by atoms with E-state index in [1.165, 1.54) is 11.1 Å². The van der Waals surface area contributed by atoms with Gasteiger partial charge in [0.25, 0.3) is 0 Å². The summed E-state index contributed by atoms with van der Waals surface area (Å²) in [5.74, 6) is -1.76. The number of ether oxygens (including phenoxy) is 2. The monoisotopic (exact) mass is 406 g/mol. The molecule has 11 heteroatoms. The van der Waals surface area contributed by atoms with Gasteiger partial charge < -0.3 is 24.8 Å². The summed E-state index contributed by atoms with van der Waals surface area (Å²) in [7, 11) is 3.08. The van der Waals surface area contributed by atoms with Crippen LogP contribution in [-0.4, -0.2) is 73.5 Å². The number of likely N-dealkylation sites (N-methyl/N-ethyl adjacent to an activating group) is 2. The molecule has 0 aromatic carbocycles. The Morgan fingerprint density at radius 1 is 1.45 bits per heavy atom. The first-order valence-electron chi connectivity index (χ1n) is 9.27. The zero-order valence-corrected chi connectivity index (χ0v) is 16.5. The zero-order valence-electron chi connectivity index (χ0n) is 16.5. The minimum atomic E-state index is -0.949. The predicted octanol–water partition coefficient (Wildman–Crippen LogP) is -0.837. The highest BCUT2D eigenvalue weighted by atomic mass is 16.6. The number of aromatic nitrogens is 2. The van der Waals surface area contributed by atoms with Crippen molar-refractivity contribution in [3.63, 3.8) is 0 Å². The number of amides is 1. The van der Waals surface area contributed by atoms with Crippen molar-refractivity contribution in [2.24, 2.45) is 0 Å². The Balaban J connectivity index is 2.29. The van der Waals surface area contributed by atoms with Gasteiger partial charge in [-0.25, -0.2) is 14.6 Å². The number of cyclic esters (lactones) is 1. The molecule has 0 atom stereocenters. The van der Waals surface area contributed by atoms with Crippen LogP contribution in [-0.2, 0) is 9.47 Å². The number of fused-ring (bicyclic) bond motifs is 1. The molecule has 3 N–H and O–H groups in total. The second-order valence-electron chi connectivity index (χ2n) is 6.43.